The zero-order chi connectivity index (χ0) is 13.8. The van der Waals surface area contributed by atoms with Gasteiger partial charge in [0, 0.05) is 18.7 Å². The number of hydrogen-bond acceptors (Lipinski definition) is 5. The second-order valence-electron chi connectivity index (χ2n) is 5.25. The van der Waals surface area contributed by atoms with Crippen LogP contribution in [0.3, 0.4) is 0 Å². The number of nitrogens with one attached hydrogen (secondary N) is 1. The molecule has 106 valence electrons. The highest BCUT2D eigenvalue weighted by Gasteiger charge is 2.15. The molecule has 0 spiro atoms. The maximum Gasteiger partial charge on any atom is 0.163 e. The molecule has 0 bridgehead atoms. The van der Waals surface area contributed by atoms with Gasteiger partial charge in [0.1, 0.15) is 13.2 Å². The van der Waals surface area contributed by atoms with Gasteiger partial charge in [0.05, 0.1) is 17.5 Å². The standard InChI is InChI=1S/C14H22N2O3/c1-9(2)5-10(17)8-16-12-7-14-13(6-11(12)15)18-3-4-19-14/h6-7,9-10,16-17H,3-5,8,15H2,1-2H3. The fraction of sp³-hybridized carbons (Fsp3) is 0.571. The van der Waals surface area contributed by atoms with E-state index in [1.54, 1.807) is 6.07 Å². The third-order valence-corrected chi connectivity index (χ3v) is 2.99. The average Bonchev–Trinajstić information content (AvgIpc) is 2.35. The lowest BCUT2D eigenvalue weighted by Crippen LogP contribution is -2.22. The first-order valence-electron chi connectivity index (χ1n) is 6.67. The van der Waals surface area contributed by atoms with Crippen LogP contribution < -0.4 is 20.5 Å². The van der Waals surface area contributed by atoms with E-state index in [1.807, 2.05) is 6.07 Å². The molecule has 1 heterocycles. The third kappa shape index (κ3) is 3.67. The Morgan fingerprint density at radius 3 is 2.53 bits per heavy atom. The molecule has 1 aromatic carbocycles. The summed E-state index contributed by atoms with van der Waals surface area (Å²) in [5, 5.41) is 13.0. The Kier molecular flexibility index (Phi) is 4.37. The van der Waals surface area contributed by atoms with Crippen molar-refractivity contribution in [3.63, 3.8) is 0 Å². The Bertz CT molecular complexity index is 435. The lowest BCUT2D eigenvalue weighted by Gasteiger charge is -2.21. The summed E-state index contributed by atoms with van der Waals surface area (Å²) in [6, 6.07) is 3.58. The van der Waals surface area contributed by atoms with E-state index in [-0.39, 0.29) is 6.10 Å². The molecule has 5 nitrogen and oxygen atoms in total. The van der Waals surface area contributed by atoms with Crippen molar-refractivity contribution in [1.29, 1.82) is 0 Å². The molecular weight excluding hydrogens is 244 g/mol. The number of nitrogen functional groups attached to an aromatic ring is 1. The molecule has 5 heteroatoms. The predicted octanol–water partition coefficient (Wildman–Crippen LogP) is 1.86. The monoisotopic (exact) mass is 266 g/mol. The van der Waals surface area contributed by atoms with Gasteiger partial charge in [-0.05, 0) is 12.3 Å². The maximum absolute atomic E-state index is 9.85. The van der Waals surface area contributed by atoms with Crippen molar-refractivity contribution < 1.29 is 14.6 Å². The second kappa shape index (κ2) is 6.02. The van der Waals surface area contributed by atoms with Crippen LogP contribution in [-0.2, 0) is 0 Å². The Morgan fingerprint density at radius 1 is 1.26 bits per heavy atom. The highest BCUT2D eigenvalue weighted by Crippen LogP contribution is 2.36. The van der Waals surface area contributed by atoms with Crippen LogP contribution in [0, 0.1) is 5.92 Å². The zero-order valence-corrected chi connectivity index (χ0v) is 11.5. The molecule has 1 aliphatic heterocycles. The fourth-order valence-corrected chi connectivity index (χ4v) is 2.11. The van der Waals surface area contributed by atoms with Gasteiger partial charge in [-0.25, -0.2) is 0 Å². The van der Waals surface area contributed by atoms with Crippen LogP contribution in [0.1, 0.15) is 20.3 Å². The number of benzene rings is 1. The molecule has 0 radical (unpaired) electrons. The van der Waals surface area contributed by atoms with Gasteiger partial charge >= 0.3 is 0 Å². The smallest absolute Gasteiger partial charge is 0.163 e. The van der Waals surface area contributed by atoms with Gasteiger partial charge in [-0.2, -0.15) is 0 Å². The molecule has 1 atom stereocenters. The molecule has 1 aromatic rings. The highest BCUT2D eigenvalue weighted by molar-refractivity contribution is 5.72. The summed E-state index contributed by atoms with van der Waals surface area (Å²) in [6.45, 7) is 5.74. The lowest BCUT2D eigenvalue weighted by atomic mass is 10.1. The minimum absolute atomic E-state index is 0.382. The van der Waals surface area contributed by atoms with Crippen molar-refractivity contribution in [2.75, 3.05) is 30.8 Å². The van der Waals surface area contributed by atoms with Crippen molar-refractivity contribution >= 4 is 11.4 Å². The summed E-state index contributed by atoms with van der Waals surface area (Å²) >= 11 is 0. The van der Waals surface area contributed by atoms with E-state index in [1.165, 1.54) is 0 Å². The number of rotatable bonds is 5. The summed E-state index contributed by atoms with van der Waals surface area (Å²) < 4.78 is 11.0. The molecule has 0 saturated carbocycles. The highest BCUT2D eigenvalue weighted by atomic mass is 16.6. The van der Waals surface area contributed by atoms with Crippen LogP contribution in [0.5, 0.6) is 11.5 Å². The van der Waals surface area contributed by atoms with Crippen LogP contribution in [0.15, 0.2) is 12.1 Å². The largest absolute Gasteiger partial charge is 0.486 e. The van der Waals surface area contributed by atoms with Gasteiger partial charge < -0.3 is 25.6 Å². The number of nitrogens with two attached hydrogens (primary N) is 1. The predicted molar refractivity (Wildman–Crippen MR) is 75.8 cm³/mol. The Labute approximate surface area is 113 Å². The van der Waals surface area contributed by atoms with Crippen LogP contribution >= 0.6 is 0 Å². The van der Waals surface area contributed by atoms with Crippen LogP contribution in [0.4, 0.5) is 11.4 Å². The van der Waals surface area contributed by atoms with E-state index in [0.717, 1.165) is 12.1 Å². The first-order valence-corrected chi connectivity index (χ1v) is 6.67. The third-order valence-electron chi connectivity index (χ3n) is 2.99. The fourth-order valence-electron chi connectivity index (χ4n) is 2.11. The minimum Gasteiger partial charge on any atom is -0.486 e. The second-order valence-corrected chi connectivity index (χ2v) is 5.25. The molecule has 0 saturated heterocycles. The molecule has 0 amide bonds. The molecule has 0 aromatic heterocycles. The van der Waals surface area contributed by atoms with Gasteiger partial charge in [0.2, 0.25) is 0 Å². The van der Waals surface area contributed by atoms with Gasteiger partial charge in [-0.15, -0.1) is 0 Å². The van der Waals surface area contributed by atoms with Crippen molar-refractivity contribution in [3.05, 3.63) is 12.1 Å². The summed E-state index contributed by atoms with van der Waals surface area (Å²) in [5.74, 6) is 1.84. The van der Waals surface area contributed by atoms with E-state index in [9.17, 15) is 5.11 Å². The number of aliphatic hydroxyl groups is 1. The topological polar surface area (TPSA) is 76.7 Å². The minimum atomic E-state index is -0.382. The summed E-state index contributed by atoms with van der Waals surface area (Å²) in [4.78, 5) is 0. The van der Waals surface area contributed by atoms with Crippen molar-refractivity contribution in [3.8, 4) is 11.5 Å². The average molecular weight is 266 g/mol. The van der Waals surface area contributed by atoms with E-state index >= 15 is 0 Å². The van der Waals surface area contributed by atoms with E-state index in [2.05, 4.69) is 19.2 Å². The van der Waals surface area contributed by atoms with E-state index < -0.39 is 0 Å². The Balaban J connectivity index is 2.00. The molecule has 2 rings (SSSR count). The van der Waals surface area contributed by atoms with Crippen molar-refractivity contribution in [2.24, 2.45) is 5.92 Å². The van der Waals surface area contributed by atoms with Crippen LogP contribution in [0.2, 0.25) is 0 Å². The zero-order valence-electron chi connectivity index (χ0n) is 11.5. The molecule has 4 N–H and O–H groups in total. The number of anilines is 2. The molecule has 1 unspecified atom stereocenters. The number of fused-ring (bicyclic) bond motifs is 1. The maximum atomic E-state index is 9.85. The molecule has 0 aliphatic carbocycles. The van der Waals surface area contributed by atoms with Gasteiger partial charge in [0.15, 0.2) is 11.5 Å². The number of ether oxygens (including phenoxy) is 2. The quantitative estimate of drug-likeness (QED) is 0.709. The van der Waals surface area contributed by atoms with Gasteiger partial charge in [-0.1, -0.05) is 13.8 Å². The van der Waals surface area contributed by atoms with Crippen LogP contribution in [-0.4, -0.2) is 31.0 Å². The lowest BCUT2D eigenvalue weighted by molar-refractivity contribution is 0.161. The normalized spacial score (nSPS) is 15.4. The molecule has 19 heavy (non-hydrogen) atoms. The van der Waals surface area contributed by atoms with E-state index in [4.69, 9.17) is 15.2 Å². The first kappa shape index (κ1) is 13.8. The van der Waals surface area contributed by atoms with Gasteiger partial charge in [-0.3, -0.25) is 0 Å². The summed E-state index contributed by atoms with van der Waals surface area (Å²) in [7, 11) is 0. The summed E-state index contributed by atoms with van der Waals surface area (Å²) in [6.07, 6.45) is 0.380. The number of hydrogen-bond donors (Lipinski definition) is 3. The van der Waals surface area contributed by atoms with Gasteiger partial charge in [0.25, 0.3) is 0 Å². The van der Waals surface area contributed by atoms with Crippen molar-refractivity contribution in [1.82, 2.24) is 0 Å². The molecule has 0 fully saturated rings. The molecular formula is C14H22N2O3. The van der Waals surface area contributed by atoms with Crippen molar-refractivity contribution in [2.45, 2.75) is 26.4 Å². The summed E-state index contributed by atoms with van der Waals surface area (Å²) in [5.41, 5.74) is 7.32. The first-order chi connectivity index (χ1) is 9.06. The van der Waals surface area contributed by atoms with E-state index in [0.29, 0.717) is 42.9 Å². The van der Waals surface area contributed by atoms with Crippen LogP contribution in [0.25, 0.3) is 0 Å². The molecule has 1 aliphatic rings. The number of aliphatic hydroxyl groups excluding tert-OH is 1. The Morgan fingerprint density at radius 2 is 1.89 bits per heavy atom. The Hall–Kier alpha value is -1.62. The SMILES string of the molecule is CC(C)CC(O)CNc1cc2c(cc1N)OCCO2.